The summed E-state index contributed by atoms with van der Waals surface area (Å²) in [4.78, 5) is 21.1. The SMILES string of the molecule is CC.CC.CC(=O)O[C@H]1C[C@@H](O)C[C@@H](C(=O)O)O1. The van der Waals surface area contributed by atoms with E-state index in [2.05, 4.69) is 4.74 Å². The average Bonchev–Trinajstić information content (AvgIpc) is 2.32. The Kier molecular flexibility index (Phi) is 11.7. The summed E-state index contributed by atoms with van der Waals surface area (Å²) in [5, 5.41) is 17.9. The van der Waals surface area contributed by atoms with Crippen LogP contribution in [0.5, 0.6) is 0 Å². The number of aliphatic hydroxyl groups is 1. The molecule has 1 rings (SSSR count). The van der Waals surface area contributed by atoms with E-state index < -0.39 is 30.4 Å². The van der Waals surface area contributed by atoms with Crippen molar-refractivity contribution in [1.82, 2.24) is 0 Å². The van der Waals surface area contributed by atoms with Crippen molar-refractivity contribution < 1.29 is 29.3 Å². The summed E-state index contributed by atoms with van der Waals surface area (Å²) in [6.45, 7) is 9.19. The molecule has 0 saturated carbocycles. The van der Waals surface area contributed by atoms with Crippen LogP contribution in [-0.2, 0) is 19.1 Å². The van der Waals surface area contributed by atoms with Crippen LogP contribution in [0.15, 0.2) is 0 Å². The third-order valence-corrected chi connectivity index (χ3v) is 1.84. The molecule has 108 valence electrons. The third-order valence-electron chi connectivity index (χ3n) is 1.84. The number of carboxylic acids is 1. The quantitative estimate of drug-likeness (QED) is 0.735. The number of carboxylic acid groups (broad SMARTS) is 1. The Balaban J connectivity index is 0. The van der Waals surface area contributed by atoms with E-state index in [1.54, 1.807) is 0 Å². The molecule has 0 aromatic carbocycles. The molecule has 0 bridgehead atoms. The van der Waals surface area contributed by atoms with Crippen molar-refractivity contribution in [1.29, 1.82) is 0 Å². The Hall–Kier alpha value is -1.14. The summed E-state index contributed by atoms with van der Waals surface area (Å²) in [6, 6.07) is 0. The Morgan fingerprint density at radius 3 is 2.06 bits per heavy atom. The van der Waals surface area contributed by atoms with Gasteiger partial charge in [-0.05, 0) is 0 Å². The van der Waals surface area contributed by atoms with Gasteiger partial charge in [0.1, 0.15) is 0 Å². The zero-order valence-corrected chi connectivity index (χ0v) is 11.7. The summed E-state index contributed by atoms with van der Waals surface area (Å²) < 4.78 is 9.58. The molecule has 0 amide bonds. The van der Waals surface area contributed by atoms with Crippen molar-refractivity contribution in [3.05, 3.63) is 0 Å². The lowest BCUT2D eigenvalue weighted by molar-refractivity contribution is -0.220. The van der Waals surface area contributed by atoms with Crippen molar-refractivity contribution in [2.24, 2.45) is 0 Å². The minimum Gasteiger partial charge on any atom is -0.479 e. The zero-order chi connectivity index (χ0) is 14.7. The highest BCUT2D eigenvalue weighted by Crippen LogP contribution is 2.20. The van der Waals surface area contributed by atoms with E-state index in [1.165, 1.54) is 6.92 Å². The molecule has 0 aromatic heterocycles. The van der Waals surface area contributed by atoms with Gasteiger partial charge in [-0.25, -0.2) is 4.79 Å². The van der Waals surface area contributed by atoms with Gasteiger partial charge in [0.2, 0.25) is 6.29 Å². The fourth-order valence-corrected chi connectivity index (χ4v) is 1.28. The monoisotopic (exact) mass is 264 g/mol. The van der Waals surface area contributed by atoms with E-state index in [-0.39, 0.29) is 12.8 Å². The second kappa shape index (κ2) is 11.0. The van der Waals surface area contributed by atoms with E-state index >= 15 is 0 Å². The predicted molar refractivity (Wildman–Crippen MR) is 66.0 cm³/mol. The summed E-state index contributed by atoms with van der Waals surface area (Å²) in [6.07, 6.45) is -2.74. The fourth-order valence-electron chi connectivity index (χ4n) is 1.28. The highest BCUT2D eigenvalue weighted by Gasteiger charge is 2.34. The standard InChI is InChI=1S/C8H12O6.2C2H6/c1-4(9)13-7-3-5(10)2-6(14-7)8(11)12;2*1-2/h5-7,10H,2-3H2,1H3,(H,11,12);2*1-2H3/t5-,6-,7+;;/m0../s1. The molecule has 0 aliphatic carbocycles. The molecule has 6 heteroatoms. The number of aliphatic hydroxyl groups excluding tert-OH is 1. The molecular formula is C12H24O6. The van der Waals surface area contributed by atoms with Crippen molar-refractivity contribution in [2.75, 3.05) is 0 Å². The molecule has 6 nitrogen and oxygen atoms in total. The first-order chi connectivity index (χ1) is 8.49. The van der Waals surface area contributed by atoms with Gasteiger partial charge in [0.25, 0.3) is 0 Å². The van der Waals surface area contributed by atoms with Crippen LogP contribution in [0.1, 0.15) is 47.5 Å². The summed E-state index contributed by atoms with van der Waals surface area (Å²) in [7, 11) is 0. The Labute approximate surface area is 108 Å². The molecule has 1 heterocycles. The molecule has 2 N–H and O–H groups in total. The third kappa shape index (κ3) is 8.03. The minimum atomic E-state index is -1.17. The molecular weight excluding hydrogens is 240 g/mol. The zero-order valence-electron chi connectivity index (χ0n) is 11.7. The molecule has 0 radical (unpaired) electrons. The summed E-state index contributed by atoms with van der Waals surface area (Å²) in [5.41, 5.74) is 0. The fraction of sp³-hybridized carbons (Fsp3) is 0.833. The summed E-state index contributed by atoms with van der Waals surface area (Å²) in [5.74, 6) is -1.73. The first kappa shape index (κ1) is 19.2. The van der Waals surface area contributed by atoms with Crippen LogP contribution < -0.4 is 0 Å². The Morgan fingerprint density at radius 1 is 1.17 bits per heavy atom. The van der Waals surface area contributed by atoms with Crippen LogP contribution in [-0.4, -0.2) is 40.6 Å². The molecule has 0 unspecified atom stereocenters. The lowest BCUT2D eigenvalue weighted by atomic mass is 10.1. The maximum absolute atomic E-state index is 10.6. The minimum absolute atomic E-state index is 0.0209. The van der Waals surface area contributed by atoms with Gasteiger partial charge < -0.3 is 19.7 Å². The van der Waals surface area contributed by atoms with Gasteiger partial charge in [-0.3, -0.25) is 4.79 Å². The number of carbonyl (C=O) groups excluding carboxylic acids is 1. The van der Waals surface area contributed by atoms with Gasteiger partial charge in [0.15, 0.2) is 6.10 Å². The molecule has 3 atom stereocenters. The maximum atomic E-state index is 10.6. The topological polar surface area (TPSA) is 93.1 Å². The Morgan fingerprint density at radius 2 is 1.67 bits per heavy atom. The number of hydrogen-bond donors (Lipinski definition) is 2. The van der Waals surface area contributed by atoms with E-state index in [0.29, 0.717) is 0 Å². The van der Waals surface area contributed by atoms with E-state index in [1.807, 2.05) is 27.7 Å². The number of rotatable bonds is 2. The second-order valence-corrected chi connectivity index (χ2v) is 3.13. The molecule has 1 aliphatic heterocycles. The number of carbonyl (C=O) groups is 2. The number of esters is 1. The van der Waals surface area contributed by atoms with Gasteiger partial charge in [-0.2, -0.15) is 0 Å². The first-order valence-electron chi connectivity index (χ1n) is 6.22. The van der Waals surface area contributed by atoms with E-state index in [0.717, 1.165) is 0 Å². The lowest BCUT2D eigenvalue weighted by Gasteiger charge is -2.29. The van der Waals surface area contributed by atoms with Crippen LogP contribution in [0, 0.1) is 0 Å². The van der Waals surface area contributed by atoms with Crippen LogP contribution in [0.2, 0.25) is 0 Å². The highest BCUT2D eigenvalue weighted by atomic mass is 16.7. The Bertz CT molecular complexity index is 241. The van der Waals surface area contributed by atoms with E-state index in [4.69, 9.17) is 9.84 Å². The van der Waals surface area contributed by atoms with Gasteiger partial charge in [0.05, 0.1) is 6.10 Å². The highest BCUT2D eigenvalue weighted by molar-refractivity contribution is 5.72. The van der Waals surface area contributed by atoms with Crippen molar-refractivity contribution >= 4 is 11.9 Å². The molecule has 1 fully saturated rings. The van der Waals surface area contributed by atoms with Crippen molar-refractivity contribution in [3.8, 4) is 0 Å². The van der Waals surface area contributed by atoms with E-state index in [9.17, 15) is 14.7 Å². The van der Waals surface area contributed by atoms with Gasteiger partial charge >= 0.3 is 11.9 Å². The average molecular weight is 264 g/mol. The normalized spacial score (nSPS) is 25.8. The first-order valence-corrected chi connectivity index (χ1v) is 6.22. The van der Waals surface area contributed by atoms with Gasteiger partial charge in [-0.15, -0.1) is 0 Å². The van der Waals surface area contributed by atoms with Crippen LogP contribution >= 0.6 is 0 Å². The largest absolute Gasteiger partial charge is 0.479 e. The molecule has 1 aliphatic rings. The van der Waals surface area contributed by atoms with Crippen LogP contribution in [0.3, 0.4) is 0 Å². The smallest absolute Gasteiger partial charge is 0.333 e. The summed E-state index contributed by atoms with van der Waals surface area (Å²) >= 11 is 0. The molecule has 0 aromatic rings. The number of hydrogen-bond acceptors (Lipinski definition) is 5. The van der Waals surface area contributed by atoms with Gasteiger partial charge in [-0.1, -0.05) is 27.7 Å². The maximum Gasteiger partial charge on any atom is 0.333 e. The molecule has 18 heavy (non-hydrogen) atoms. The second-order valence-electron chi connectivity index (χ2n) is 3.13. The molecule has 0 spiro atoms. The van der Waals surface area contributed by atoms with Crippen molar-refractivity contribution in [2.45, 2.75) is 66.0 Å². The van der Waals surface area contributed by atoms with Crippen LogP contribution in [0.4, 0.5) is 0 Å². The lowest BCUT2D eigenvalue weighted by Crippen LogP contribution is -2.41. The number of ether oxygens (including phenoxy) is 2. The van der Waals surface area contributed by atoms with Crippen LogP contribution in [0.25, 0.3) is 0 Å². The molecule has 1 saturated heterocycles. The van der Waals surface area contributed by atoms with Crippen molar-refractivity contribution in [3.63, 3.8) is 0 Å². The predicted octanol–water partition coefficient (Wildman–Crippen LogP) is 1.55. The van der Waals surface area contributed by atoms with Gasteiger partial charge in [0, 0.05) is 19.8 Å². The number of aliphatic carboxylic acids is 1.